The molecule has 20 heavy (non-hydrogen) atoms. The molecular formula is C16H26N2O2. The summed E-state index contributed by atoms with van der Waals surface area (Å²) in [6.45, 7) is 10.2. The van der Waals surface area contributed by atoms with Crippen LogP contribution in [0.2, 0.25) is 0 Å². The third-order valence-electron chi connectivity index (χ3n) is 3.26. The van der Waals surface area contributed by atoms with E-state index in [4.69, 9.17) is 4.74 Å². The Morgan fingerprint density at radius 1 is 1.20 bits per heavy atom. The lowest BCUT2D eigenvalue weighted by atomic mass is 10.2. The van der Waals surface area contributed by atoms with Gasteiger partial charge in [-0.15, -0.1) is 0 Å². The van der Waals surface area contributed by atoms with E-state index in [0.29, 0.717) is 6.54 Å². The highest BCUT2D eigenvalue weighted by Gasteiger charge is 2.03. The number of carbonyl (C=O) groups excluding carboxylic acids is 1. The van der Waals surface area contributed by atoms with Crippen LogP contribution < -0.4 is 10.1 Å². The zero-order chi connectivity index (χ0) is 14.8. The second kappa shape index (κ2) is 9.37. The minimum absolute atomic E-state index is 0.0647. The largest absolute Gasteiger partial charge is 0.484 e. The predicted octanol–water partition coefficient (Wildman–Crippen LogP) is 2.22. The summed E-state index contributed by atoms with van der Waals surface area (Å²) in [6.07, 6.45) is 0.970. The first-order valence-electron chi connectivity index (χ1n) is 7.34. The summed E-state index contributed by atoms with van der Waals surface area (Å²) in [6, 6.07) is 7.70. The van der Waals surface area contributed by atoms with Crippen molar-refractivity contribution in [3.8, 4) is 5.75 Å². The maximum atomic E-state index is 11.6. The molecule has 1 aromatic carbocycles. The van der Waals surface area contributed by atoms with E-state index < -0.39 is 0 Å². The van der Waals surface area contributed by atoms with Crippen LogP contribution in [0, 0.1) is 6.92 Å². The Hall–Kier alpha value is -1.55. The van der Waals surface area contributed by atoms with E-state index in [0.717, 1.165) is 31.8 Å². The standard InChI is InChI=1S/C16H26N2O2/c1-4-18(5-2)12-6-11-17-16(19)13-20-15-9-7-14(3)8-10-15/h7-10H,4-6,11-13H2,1-3H3,(H,17,19). The summed E-state index contributed by atoms with van der Waals surface area (Å²) in [7, 11) is 0. The van der Waals surface area contributed by atoms with Crippen LogP contribution in [-0.4, -0.2) is 43.6 Å². The fourth-order valence-corrected chi connectivity index (χ4v) is 1.90. The lowest BCUT2D eigenvalue weighted by Crippen LogP contribution is -2.32. The molecule has 1 rings (SSSR count). The third-order valence-corrected chi connectivity index (χ3v) is 3.26. The summed E-state index contributed by atoms with van der Waals surface area (Å²) in [5.41, 5.74) is 1.18. The molecule has 0 aliphatic rings. The van der Waals surface area contributed by atoms with Crippen molar-refractivity contribution in [1.29, 1.82) is 0 Å². The van der Waals surface area contributed by atoms with Gasteiger partial charge in [-0.05, 0) is 45.1 Å². The van der Waals surface area contributed by atoms with Crippen molar-refractivity contribution in [3.63, 3.8) is 0 Å². The van der Waals surface area contributed by atoms with Crippen LogP contribution >= 0.6 is 0 Å². The van der Waals surface area contributed by atoms with Crippen molar-refractivity contribution in [1.82, 2.24) is 10.2 Å². The van der Waals surface area contributed by atoms with Gasteiger partial charge in [0.1, 0.15) is 5.75 Å². The molecule has 0 radical (unpaired) electrons. The number of rotatable bonds is 9. The summed E-state index contributed by atoms with van der Waals surface area (Å²) in [5, 5.41) is 2.88. The van der Waals surface area contributed by atoms with Crippen molar-refractivity contribution in [2.45, 2.75) is 27.2 Å². The molecule has 0 aromatic heterocycles. The van der Waals surface area contributed by atoms with Gasteiger partial charge in [0.2, 0.25) is 0 Å². The van der Waals surface area contributed by atoms with Gasteiger partial charge in [0.05, 0.1) is 0 Å². The Labute approximate surface area is 122 Å². The van der Waals surface area contributed by atoms with Gasteiger partial charge in [0.15, 0.2) is 6.61 Å². The van der Waals surface area contributed by atoms with Crippen molar-refractivity contribution in [2.75, 3.05) is 32.8 Å². The predicted molar refractivity (Wildman–Crippen MR) is 82.1 cm³/mol. The quantitative estimate of drug-likeness (QED) is 0.704. The molecule has 1 N–H and O–H groups in total. The fourth-order valence-electron chi connectivity index (χ4n) is 1.90. The van der Waals surface area contributed by atoms with E-state index in [1.165, 1.54) is 5.56 Å². The van der Waals surface area contributed by atoms with Crippen LogP contribution in [0.3, 0.4) is 0 Å². The maximum Gasteiger partial charge on any atom is 0.257 e. The summed E-state index contributed by atoms with van der Waals surface area (Å²) >= 11 is 0. The number of amides is 1. The lowest BCUT2D eigenvalue weighted by molar-refractivity contribution is -0.123. The molecule has 0 bridgehead atoms. The monoisotopic (exact) mass is 278 g/mol. The number of carbonyl (C=O) groups is 1. The molecule has 1 amide bonds. The van der Waals surface area contributed by atoms with Gasteiger partial charge in [0, 0.05) is 6.54 Å². The summed E-state index contributed by atoms with van der Waals surface area (Å²) in [5.74, 6) is 0.666. The van der Waals surface area contributed by atoms with Crippen molar-refractivity contribution >= 4 is 5.91 Å². The van der Waals surface area contributed by atoms with Gasteiger partial charge in [-0.1, -0.05) is 31.5 Å². The number of nitrogens with one attached hydrogen (secondary N) is 1. The summed E-state index contributed by atoms with van der Waals surface area (Å²) < 4.78 is 5.42. The highest BCUT2D eigenvalue weighted by Crippen LogP contribution is 2.10. The van der Waals surface area contributed by atoms with Crippen molar-refractivity contribution in [3.05, 3.63) is 29.8 Å². The Kier molecular flexibility index (Phi) is 7.73. The number of hydrogen-bond acceptors (Lipinski definition) is 3. The van der Waals surface area contributed by atoms with E-state index in [1.807, 2.05) is 31.2 Å². The molecule has 0 unspecified atom stereocenters. The SMILES string of the molecule is CCN(CC)CCCNC(=O)COc1ccc(C)cc1. The van der Waals surface area contributed by atoms with Gasteiger partial charge < -0.3 is 15.0 Å². The number of hydrogen-bond donors (Lipinski definition) is 1. The van der Waals surface area contributed by atoms with Gasteiger partial charge in [-0.3, -0.25) is 4.79 Å². The minimum Gasteiger partial charge on any atom is -0.484 e. The highest BCUT2D eigenvalue weighted by molar-refractivity contribution is 5.77. The van der Waals surface area contributed by atoms with E-state index in [2.05, 4.69) is 24.1 Å². The molecular weight excluding hydrogens is 252 g/mol. The molecule has 0 atom stereocenters. The number of nitrogens with zero attached hydrogens (tertiary/aromatic N) is 1. The Balaban J connectivity index is 2.13. The molecule has 112 valence electrons. The Bertz CT molecular complexity index is 386. The average Bonchev–Trinajstić information content (AvgIpc) is 2.47. The minimum atomic E-state index is -0.0647. The van der Waals surface area contributed by atoms with Gasteiger partial charge in [-0.25, -0.2) is 0 Å². The second-order valence-corrected chi connectivity index (χ2v) is 4.83. The third kappa shape index (κ3) is 6.57. The number of benzene rings is 1. The molecule has 4 heteroatoms. The highest BCUT2D eigenvalue weighted by atomic mass is 16.5. The number of ether oxygens (including phenoxy) is 1. The van der Waals surface area contributed by atoms with Gasteiger partial charge in [0.25, 0.3) is 5.91 Å². The van der Waals surface area contributed by atoms with Crippen LogP contribution in [-0.2, 0) is 4.79 Å². The first kappa shape index (κ1) is 16.5. The van der Waals surface area contributed by atoms with Crippen LogP contribution in [0.4, 0.5) is 0 Å². The average molecular weight is 278 g/mol. The lowest BCUT2D eigenvalue weighted by Gasteiger charge is -2.17. The molecule has 4 nitrogen and oxygen atoms in total. The topological polar surface area (TPSA) is 41.6 Å². The van der Waals surface area contributed by atoms with E-state index in [9.17, 15) is 4.79 Å². The zero-order valence-corrected chi connectivity index (χ0v) is 12.8. The first-order valence-corrected chi connectivity index (χ1v) is 7.34. The molecule has 0 spiro atoms. The molecule has 0 aliphatic heterocycles. The van der Waals surface area contributed by atoms with Crippen molar-refractivity contribution in [2.24, 2.45) is 0 Å². The van der Waals surface area contributed by atoms with Crippen LogP contribution in [0.5, 0.6) is 5.75 Å². The first-order chi connectivity index (χ1) is 9.65. The van der Waals surface area contributed by atoms with Crippen LogP contribution in [0.25, 0.3) is 0 Å². The number of aryl methyl sites for hydroxylation is 1. The van der Waals surface area contributed by atoms with Gasteiger partial charge in [-0.2, -0.15) is 0 Å². The van der Waals surface area contributed by atoms with E-state index in [1.54, 1.807) is 0 Å². The maximum absolute atomic E-state index is 11.6. The van der Waals surface area contributed by atoms with Gasteiger partial charge >= 0.3 is 0 Å². The van der Waals surface area contributed by atoms with Crippen LogP contribution in [0.1, 0.15) is 25.8 Å². The molecule has 0 aliphatic carbocycles. The van der Waals surface area contributed by atoms with E-state index in [-0.39, 0.29) is 12.5 Å². The molecule has 0 saturated carbocycles. The fraction of sp³-hybridized carbons (Fsp3) is 0.562. The molecule has 1 aromatic rings. The molecule has 0 heterocycles. The summed E-state index contributed by atoms with van der Waals surface area (Å²) in [4.78, 5) is 14.0. The smallest absolute Gasteiger partial charge is 0.257 e. The van der Waals surface area contributed by atoms with E-state index >= 15 is 0 Å². The molecule has 0 saturated heterocycles. The Morgan fingerprint density at radius 2 is 1.85 bits per heavy atom. The second-order valence-electron chi connectivity index (χ2n) is 4.83. The zero-order valence-electron chi connectivity index (χ0n) is 12.8. The normalized spacial score (nSPS) is 10.6. The Morgan fingerprint density at radius 3 is 2.45 bits per heavy atom. The van der Waals surface area contributed by atoms with Crippen molar-refractivity contribution < 1.29 is 9.53 Å². The molecule has 0 fully saturated rings. The van der Waals surface area contributed by atoms with Crippen LogP contribution in [0.15, 0.2) is 24.3 Å².